The molecule has 0 amide bonds. The van der Waals surface area contributed by atoms with Crippen molar-refractivity contribution in [1.29, 1.82) is 0 Å². The van der Waals surface area contributed by atoms with E-state index < -0.39 is 5.60 Å². The fourth-order valence-electron chi connectivity index (χ4n) is 1.68. The van der Waals surface area contributed by atoms with Crippen molar-refractivity contribution < 1.29 is 19.0 Å². The highest BCUT2D eigenvalue weighted by molar-refractivity contribution is 5.87. The highest BCUT2D eigenvalue weighted by Gasteiger charge is 2.14. The quantitative estimate of drug-likeness (QED) is 0.590. The lowest BCUT2D eigenvalue weighted by molar-refractivity contribution is -0.148. The van der Waals surface area contributed by atoms with Gasteiger partial charge in [-0.15, -0.1) is 0 Å². The summed E-state index contributed by atoms with van der Waals surface area (Å²) >= 11 is 0. The van der Waals surface area contributed by atoms with Crippen LogP contribution < -0.4 is 9.47 Å². The summed E-state index contributed by atoms with van der Waals surface area (Å²) in [7, 11) is 0. The zero-order chi connectivity index (χ0) is 15.9. The zero-order valence-corrected chi connectivity index (χ0v) is 13.4. The van der Waals surface area contributed by atoms with Crippen LogP contribution in [0.1, 0.15) is 40.2 Å². The third kappa shape index (κ3) is 6.34. The van der Waals surface area contributed by atoms with Crippen molar-refractivity contribution in [3.63, 3.8) is 0 Å². The second-order valence-electron chi connectivity index (χ2n) is 5.43. The molecule has 0 aliphatic rings. The Kier molecular flexibility index (Phi) is 6.28. The molecule has 0 fully saturated rings. The number of hydrogen-bond acceptors (Lipinski definition) is 4. The summed E-state index contributed by atoms with van der Waals surface area (Å²) in [6.07, 6.45) is 3.10. The number of benzene rings is 1. The minimum absolute atomic E-state index is 0.376. The SMILES string of the molecule is CCOc1ccc(C=CC(=O)OC(C)(C)C)c(OCC)c1. The first-order valence-corrected chi connectivity index (χ1v) is 7.16. The first kappa shape index (κ1) is 17.1. The van der Waals surface area contributed by atoms with Crippen LogP contribution in [0.5, 0.6) is 11.5 Å². The van der Waals surface area contributed by atoms with Crippen molar-refractivity contribution in [2.45, 2.75) is 40.2 Å². The summed E-state index contributed by atoms with van der Waals surface area (Å²) in [6, 6.07) is 5.53. The third-order valence-electron chi connectivity index (χ3n) is 2.40. The van der Waals surface area contributed by atoms with E-state index in [2.05, 4.69) is 0 Å². The molecule has 0 saturated carbocycles. The summed E-state index contributed by atoms with van der Waals surface area (Å²) < 4.78 is 16.2. The van der Waals surface area contributed by atoms with E-state index in [-0.39, 0.29) is 5.97 Å². The van der Waals surface area contributed by atoms with Crippen molar-refractivity contribution in [2.24, 2.45) is 0 Å². The molecule has 4 heteroatoms. The number of rotatable bonds is 6. The van der Waals surface area contributed by atoms with E-state index >= 15 is 0 Å². The average molecular weight is 292 g/mol. The molecule has 4 nitrogen and oxygen atoms in total. The highest BCUT2D eigenvalue weighted by atomic mass is 16.6. The predicted octanol–water partition coefficient (Wildman–Crippen LogP) is 3.84. The lowest BCUT2D eigenvalue weighted by atomic mass is 10.1. The van der Waals surface area contributed by atoms with Crippen LogP contribution >= 0.6 is 0 Å². The van der Waals surface area contributed by atoms with E-state index in [1.807, 2.05) is 52.8 Å². The predicted molar refractivity (Wildman–Crippen MR) is 83.7 cm³/mol. The Bertz CT molecular complexity index is 498. The van der Waals surface area contributed by atoms with Crippen LogP contribution in [0.2, 0.25) is 0 Å². The number of carbonyl (C=O) groups is 1. The number of esters is 1. The van der Waals surface area contributed by atoms with Crippen LogP contribution in [0.25, 0.3) is 6.08 Å². The first-order chi connectivity index (χ1) is 9.85. The molecule has 0 aliphatic carbocycles. The molecule has 0 aliphatic heterocycles. The summed E-state index contributed by atoms with van der Waals surface area (Å²) in [5.74, 6) is 1.05. The van der Waals surface area contributed by atoms with Gasteiger partial charge in [0.1, 0.15) is 17.1 Å². The molecule has 0 aromatic heterocycles. The molecule has 0 heterocycles. The number of hydrogen-bond donors (Lipinski definition) is 0. The Balaban J connectivity index is 2.88. The van der Waals surface area contributed by atoms with E-state index in [0.29, 0.717) is 19.0 Å². The van der Waals surface area contributed by atoms with Gasteiger partial charge < -0.3 is 14.2 Å². The molecule has 0 atom stereocenters. The van der Waals surface area contributed by atoms with Crippen LogP contribution in [0.4, 0.5) is 0 Å². The van der Waals surface area contributed by atoms with Gasteiger partial charge in [0.2, 0.25) is 0 Å². The average Bonchev–Trinajstić information content (AvgIpc) is 2.36. The third-order valence-corrected chi connectivity index (χ3v) is 2.40. The zero-order valence-electron chi connectivity index (χ0n) is 13.4. The standard InChI is InChI=1S/C17H24O4/c1-6-19-14-10-8-13(15(12-14)20-7-2)9-11-16(18)21-17(3,4)5/h8-12H,6-7H2,1-5H3. The van der Waals surface area contributed by atoms with Gasteiger partial charge in [0.05, 0.1) is 13.2 Å². The van der Waals surface area contributed by atoms with Gasteiger partial charge in [0.15, 0.2) is 0 Å². The minimum Gasteiger partial charge on any atom is -0.494 e. The van der Waals surface area contributed by atoms with Gasteiger partial charge in [-0.05, 0) is 52.8 Å². The van der Waals surface area contributed by atoms with Gasteiger partial charge in [-0.25, -0.2) is 4.79 Å². The van der Waals surface area contributed by atoms with Gasteiger partial charge in [0, 0.05) is 17.7 Å². The first-order valence-electron chi connectivity index (χ1n) is 7.16. The lowest BCUT2D eigenvalue weighted by Crippen LogP contribution is -2.22. The van der Waals surface area contributed by atoms with Gasteiger partial charge in [0.25, 0.3) is 0 Å². The maximum absolute atomic E-state index is 11.7. The second kappa shape index (κ2) is 7.72. The minimum atomic E-state index is -0.497. The molecule has 21 heavy (non-hydrogen) atoms. The van der Waals surface area contributed by atoms with E-state index in [4.69, 9.17) is 14.2 Å². The molecule has 0 bridgehead atoms. The maximum Gasteiger partial charge on any atom is 0.331 e. The maximum atomic E-state index is 11.7. The van der Waals surface area contributed by atoms with Crippen LogP contribution in [-0.2, 0) is 9.53 Å². The van der Waals surface area contributed by atoms with Crippen LogP contribution in [-0.4, -0.2) is 24.8 Å². The van der Waals surface area contributed by atoms with Crippen molar-refractivity contribution >= 4 is 12.0 Å². The topological polar surface area (TPSA) is 44.8 Å². The van der Waals surface area contributed by atoms with E-state index in [1.54, 1.807) is 6.08 Å². The van der Waals surface area contributed by atoms with Gasteiger partial charge in [-0.1, -0.05) is 0 Å². The van der Waals surface area contributed by atoms with E-state index in [0.717, 1.165) is 11.3 Å². The Morgan fingerprint density at radius 1 is 1.14 bits per heavy atom. The molecular formula is C17H24O4. The fourth-order valence-corrected chi connectivity index (χ4v) is 1.68. The molecule has 0 unspecified atom stereocenters. The Labute approximate surface area is 126 Å². The molecule has 116 valence electrons. The Morgan fingerprint density at radius 2 is 1.81 bits per heavy atom. The highest BCUT2D eigenvalue weighted by Crippen LogP contribution is 2.26. The Morgan fingerprint density at radius 3 is 2.38 bits per heavy atom. The molecule has 1 aromatic rings. The molecule has 0 saturated heterocycles. The van der Waals surface area contributed by atoms with Gasteiger partial charge in [-0.3, -0.25) is 0 Å². The van der Waals surface area contributed by atoms with Gasteiger partial charge >= 0.3 is 5.97 Å². The second-order valence-corrected chi connectivity index (χ2v) is 5.43. The van der Waals surface area contributed by atoms with E-state index in [9.17, 15) is 4.79 Å². The van der Waals surface area contributed by atoms with Crippen molar-refractivity contribution in [2.75, 3.05) is 13.2 Å². The lowest BCUT2D eigenvalue weighted by Gasteiger charge is -2.18. The van der Waals surface area contributed by atoms with Crippen molar-refractivity contribution in [3.8, 4) is 11.5 Å². The smallest absolute Gasteiger partial charge is 0.331 e. The summed E-state index contributed by atoms with van der Waals surface area (Å²) in [5.41, 5.74) is 0.314. The molecule has 0 N–H and O–H groups in total. The molecular weight excluding hydrogens is 268 g/mol. The summed E-state index contributed by atoms with van der Waals surface area (Å²) in [5, 5.41) is 0. The summed E-state index contributed by atoms with van der Waals surface area (Å²) in [4.78, 5) is 11.7. The van der Waals surface area contributed by atoms with Crippen molar-refractivity contribution in [1.82, 2.24) is 0 Å². The fraction of sp³-hybridized carbons (Fsp3) is 0.471. The number of carbonyl (C=O) groups excluding carboxylic acids is 1. The van der Waals surface area contributed by atoms with Crippen LogP contribution in [0.15, 0.2) is 24.3 Å². The van der Waals surface area contributed by atoms with E-state index in [1.165, 1.54) is 6.08 Å². The van der Waals surface area contributed by atoms with Crippen LogP contribution in [0, 0.1) is 0 Å². The Hall–Kier alpha value is -1.97. The normalized spacial score (nSPS) is 11.5. The summed E-state index contributed by atoms with van der Waals surface area (Å²) in [6.45, 7) is 10.5. The largest absolute Gasteiger partial charge is 0.494 e. The molecule has 1 aromatic carbocycles. The van der Waals surface area contributed by atoms with Crippen molar-refractivity contribution in [3.05, 3.63) is 29.8 Å². The van der Waals surface area contributed by atoms with Gasteiger partial charge in [-0.2, -0.15) is 0 Å². The molecule has 1 rings (SSSR count). The molecule has 0 radical (unpaired) electrons. The monoisotopic (exact) mass is 292 g/mol. The van der Waals surface area contributed by atoms with Crippen LogP contribution in [0.3, 0.4) is 0 Å². The number of ether oxygens (including phenoxy) is 3. The molecule has 0 spiro atoms.